The summed E-state index contributed by atoms with van der Waals surface area (Å²) in [6.07, 6.45) is -0.560. The molecule has 0 spiro atoms. The minimum absolute atomic E-state index is 0.0246. The molecule has 0 amide bonds. The van der Waals surface area contributed by atoms with Crippen LogP contribution in [-0.4, -0.2) is 57.0 Å². The number of rotatable bonds is 8. The molecule has 0 radical (unpaired) electrons. The zero-order valence-corrected chi connectivity index (χ0v) is 19.8. The van der Waals surface area contributed by atoms with E-state index >= 15 is 0 Å². The minimum atomic E-state index is -3.76. The van der Waals surface area contributed by atoms with Crippen molar-refractivity contribution in [2.75, 3.05) is 39.3 Å². The second-order valence-corrected chi connectivity index (χ2v) is 10.1. The van der Waals surface area contributed by atoms with Gasteiger partial charge in [0, 0.05) is 32.7 Å². The van der Waals surface area contributed by atoms with Crippen molar-refractivity contribution in [3.05, 3.63) is 101 Å². The van der Waals surface area contributed by atoms with Crippen molar-refractivity contribution in [2.45, 2.75) is 11.0 Å². The molecule has 3 aromatic carbocycles. The van der Waals surface area contributed by atoms with Gasteiger partial charge in [0.1, 0.15) is 12.2 Å². The third-order valence-electron chi connectivity index (χ3n) is 6.00. The van der Waals surface area contributed by atoms with E-state index in [1.54, 1.807) is 12.1 Å². The molecule has 3 aromatic rings. The summed E-state index contributed by atoms with van der Waals surface area (Å²) in [5, 5.41) is 9.26. The lowest BCUT2D eigenvalue weighted by Gasteiger charge is -2.34. The summed E-state index contributed by atoms with van der Waals surface area (Å²) in [7, 11) is -3.76. The molecule has 1 heterocycles. The van der Waals surface area contributed by atoms with E-state index in [4.69, 9.17) is 4.74 Å². The lowest BCUT2D eigenvalue weighted by Crippen LogP contribution is -2.49. The maximum absolute atomic E-state index is 13.9. The highest BCUT2D eigenvalue weighted by molar-refractivity contribution is 7.89. The van der Waals surface area contributed by atoms with Crippen molar-refractivity contribution >= 4 is 10.0 Å². The highest BCUT2D eigenvalue weighted by Crippen LogP contribution is 2.27. The first-order chi connectivity index (χ1) is 16.9. The van der Waals surface area contributed by atoms with Crippen molar-refractivity contribution < 1.29 is 21.9 Å². The van der Waals surface area contributed by atoms with Gasteiger partial charge in [0.25, 0.3) is 0 Å². The van der Waals surface area contributed by atoms with Crippen LogP contribution in [0.15, 0.2) is 77.7 Å². The molecule has 1 atom stereocenters. The Morgan fingerprint density at radius 3 is 2.26 bits per heavy atom. The number of hydrogen-bond donors (Lipinski definition) is 0. The Hall–Kier alpha value is -3.16. The normalized spacial score (nSPS) is 16.0. The topological polar surface area (TPSA) is 73.6 Å². The smallest absolute Gasteiger partial charge is 0.244 e. The molecule has 1 aliphatic heterocycles. The third kappa shape index (κ3) is 5.74. The van der Waals surface area contributed by atoms with Gasteiger partial charge in [-0.2, -0.15) is 9.57 Å². The number of benzene rings is 3. The van der Waals surface area contributed by atoms with Crippen molar-refractivity contribution in [3.63, 3.8) is 0 Å². The van der Waals surface area contributed by atoms with E-state index in [0.29, 0.717) is 44.9 Å². The average molecular weight is 498 g/mol. The van der Waals surface area contributed by atoms with Crippen molar-refractivity contribution in [3.8, 4) is 6.07 Å². The molecule has 6 nitrogen and oxygen atoms in total. The van der Waals surface area contributed by atoms with Gasteiger partial charge >= 0.3 is 0 Å². The maximum Gasteiger partial charge on any atom is 0.244 e. The van der Waals surface area contributed by atoms with Gasteiger partial charge in [-0.25, -0.2) is 17.2 Å². The Balaban J connectivity index is 1.37. The second kappa shape index (κ2) is 11.1. The Morgan fingerprint density at radius 1 is 0.886 bits per heavy atom. The van der Waals surface area contributed by atoms with Crippen molar-refractivity contribution in [1.82, 2.24) is 9.21 Å². The first-order valence-corrected chi connectivity index (χ1v) is 12.7. The fourth-order valence-corrected chi connectivity index (χ4v) is 5.67. The van der Waals surface area contributed by atoms with Gasteiger partial charge in [0.05, 0.1) is 17.1 Å². The minimum Gasteiger partial charge on any atom is -0.367 e. The zero-order chi connectivity index (χ0) is 24.8. The van der Waals surface area contributed by atoms with Gasteiger partial charge in [-0.1, -0.05) is 48.5 Å². The fraction of sp³-hybridized carbons (Fsp3) is 0.269. The largest absolute Gasteiger partial charge is 0.367 e. The quantitative estimate of drug-likeness (QED) is 0.471. The summed E-state index contributed by atoms with van der Waals surface area (Å²) in [6, 6.07) is 21.2. The standard InChI is InChI=1S/C26H25F2N3O3S/c27-23-11-10-21(18-24(23)28)26(20-6-2-1-3-7-20)34-17-16-30-12-14-31(15-13-30)35(32,33)25-9-5-4-8-22(25)19-29/h1-11,18,26H,12-17H2. The molecule has 9 heteroatoms. The van der Waals surface area contributed by atoms with Crippen LogP contribution in [-0.2, 0) is 14.8 Å². The monoisotopic (exact) mass is 497 g/mol. The number of nitrogens with zero attached hydrogens (tertiary/aromatic N) is 3. The van der Waals surface area contributed by atoms with Crippen LogP contribution in [0.4, 0.5) is 8.78 Å². The first-order valence-electron chi connectivity index (χ1n) is 11.2. The molecule has 0 aromatic heterocycles. The molecular weight excluding hydrogens is 472 g/mol. The van der Waals surface area contributed by atoms with Crippen molar-refractivity contribution in [2.24, 2.45) is 0 Å². The summed E-state index contributed by atoms with van der Waals surface area (Å²) in [5.41, 5.74) is 1.47. The predicted octanol–water partition coefficient (Wildman–Crippen LogP) is 3.95. The van der Waals surface area contributed by atoms with Crippen LogP contribution in [0.1, 0.15) is 22.8 Å². The Morgan fingerprint density at radius 2 is 1.57 bits per heavy atom. The van der Waals surface area contributed by atoms with E-state index in [2.05, 4.69) is 4.90 Å². The first kappa shape index (κ1) is 24.9. The van der Waals surface area contributed by atoms with Gasteiger partial charge in [0.15, 0.2) is 11.6 Å². The van der Waals surface area contributed by atoms with Gasteiger partial charge in [-0.3, -0.25) is 4.90 Å². The summed E-state index contributed by atoms with van der Waals surface area (Å²) < 4.78 is 60.8. The second-order valence-electron chi connectivity index (χ2n) is 8.19. The number of nitriles is 1. The van der Waals surface area contributed by atoms with Gasteiger partial charge in [-0.05, 0) is 35.4 Å². The van der Waals surface area contributed by atoms with Crippen LogP contribution in [0.2, 0.25) is 0 Å². The third-order valence-corrected chi connectivity index (χ3v) is 7.95. The number of sulfonamides is 1. The maximum atomic E-state index is 13.9. The number of piperazine rings is 1. The SMILES string of the molecule is N#Cc1ccccc1S(=O)(=O)N1CCN(CCOC(c2ccccc2)c2ccc(F)c(F)c2)CC1. The molecule has 182 valence electrons. The summed E-state index contributed by atoms with van der Waals surface area (Å²) >= 11 is 0. The molecule has 35 heavy (non-hydrogen) atoms. The Bertz CT molecular complexity index is 1300. The average Bonchev–Trinajstić information content (AvgIpc) is 2.89. The Kier molecular flexibility index (Phi) is 7.88. The number of halogens is 2. The van der Waals surface area contributed by atoms with E-state index in [1.807, 2.05) is 36.4 Å². The van der Waals surface area contributed by atoms with Crippen LogP contribution in [0.3, 0.4) is 0 Å². The summed E-state index contributed by atoms with van der Waals surface area (Å²) in [4.78, 5) is 2.12. The van der Waals surface area contributed by atoms with Crippen molar-refractivity contribution in [1.29, 1.82) is 5.26 Å². The lowest BCUT2D eigenvalue weighted by atomic mass is 10.0. The van der Waals surface area contributed by atoms with Crippen LogP contribution in [0.25, 0.3) is 0 Å². The van der Waals surface area contributed by atoms with E-state index in [0.717, 1.165) is 17.7 Å². The van der Waals surface area contributed by atoms with Crippen LogP contribution < -0.4 is 0 Å². The van der Waals surface area contributed by atoms with E-state index in [1.165, 1.54) is 22.5 Å². The van der Waals surface area contributed by atoms with Crippen LogP contribution in [0, 0.1) is 23.0 Å². The molecule has 1 saturated heterocycles. The van der Waals surface area contributed by atoms with Gasteiger partial charge in [-0.15, -0.1) is 0 Å². The molecular formula is C26H25F2N3O3S. The van der Waals surface area contributed by atoms with E-state index < -0.39 is 27.8 Å². The highest BCUT2D eigenvalue weighted by Gasteiger charge is 2.30. The molecule has 1 aliphatic rings. The summed E-state index contributed by atoms with van der Waals surface area (Å²) in [6.45, 7) is 2.50. The molecule has 1 unspecified atom stereocenters. The lowest BCUT2D eigenvalue weighted by molar-refractivity contribution is 0.0525. The highest BCUT2D eigenvalue weighted by atomic mass is 32.2. The molecule has 1 fully saturated rings. The van der Waals surface area contributed by atoms with Gasteiger partial charge < -0.3 is 4.74 Å². The molecule has 0 bridgehead atoms. The predicted molar refractivity (Wildman–Crippen MR) is 127 cm³/mol. The zero-order valence-electron chi connectivity index (χ0n) is 19.0. The van der Waals surface area contributed by atoms with E-state index in [9.17, 15) is 22.5 Å². The summed E-state index contributed by atoms with van der Waals surface area (Å²) in [5.74, 6) is -1.84. The molecule has 0 aliphatic carbocycles. The molecule has 0 N–H and O–H groups in total. The Labute approximate surface area is 204 Å². The fourth-order valence-electron chi connectivity index (χ4n) is 4.10. The number of hydrogen-bond acceptors (Lipinski definition) is 5. The van der Waals surface area contributed by atoms with Crippen LogP contribution >= 0.6 is 0 Å². The molecule has 4 rings (SSSR count). The number of ether oxygens (including phenoxy) is 1. The van der Waals surface area contributed by atoms with Gasteiger partial charge in [0.2, 0.25) is 10.0 Å². The van der Waals surface area contributed by atoms with Crippen LogP contribution in [0.5, 0.6) is 0 Å². The molecule has 0 saturated carbocycles. The van der Waals surface area contributed by atoms with E-state index in [-0.39, 0.29) is 10.5 Å².